The number of hydrogen-bond acceptors (Lipinski definition) is 1. The van der Waals surface area contributed by atoms with Crippen LogP contribution in [0.5, 0.6) is 0 Å². The first-order valence-corrected chi connectivity index (χ1v) is 7.05. The molecule has 0 unspecified atom stereocenters. The Hall–Kier alpha value is -1.57. The highest BCUT2D eigenvalue weighted by atomic mass is 16.4. The third-order valence-corrected chi connectivity index (χ3v) is 2.56. The van der Waals surface area contributed by atoms with Crippen molar-refractivity contribution in [2.45, 2.75) is 51.9 Å². The van der Waals surface area contributed by atoms with Crippen molar-refractivity contribution >= 4 is 5.97 Å². The number of carboxylic acids is 1. The minimum atomic E-state index is -0.700. The van der Waals surface area contributed by atoms with E-state index < -0.39 is 5.97 Å². The van der Waals surface area contributed by atoms with Crippen LogP contribution in [0.3, 0.4) is 0 Å². The number of aliphatic carboxylic acids is 1. The van der Waals surface area contributed by atoms with Crippen LogP contribution in [-0.4, -0.2) is 11.1 Å². The molecule has 0 aromatic heterocycles. The van der Waals surface area contributed by atoms with Gasteiger partial charge in [-0.05, 0) is 45.4 Å². The Morgan fingerprint density at radius 1 is 0.842 bits per heavy atom. The summed E-state index contributed by atoms with van der Waals surface area (Å²) in [6.45, 7) is 2.03. The molecule has 0 bridgehead atoms. The number of carboxylic acid groups (broad SMARTS) is 1. The predicted molar refractivity (Wildman–Crippen MR) is 82.2 cm³/mol. The molecule has 0 fully saturated rings. The molecule has 1 N–H and O–H groups in total. The molecule has 2 heteroatoms. The van der Waals surface area contributed by atoms with Crippen LogP contribution in [0.1, 0.15) is 51.9 Å². The number of carbonyl (C=O) groups is 1. The van der Waals surface area contributed by atoms with E-state index in [0.29, 0.717) is 0 Å². The van der Waals surface area contributed by atoms with E-state index in [2.05, 4.69) is 48.6 Å². The average Bonchev–Trinajstić information content (AvgIpc) is 2.39. The second-order valence-electron chi connectivity index (χ2n) is 4.33. The average molecular weight is 262 g/mol. The maximum Gasteiger partial charge on any atom is 0.303 e. The summed E-state index contributed by atoms with van der Waals surface area (Å²) in [6, 6.07) is 0. The SMILES string of the molecule is CC=CCC=CCC=CCC=CCCCCC(=O)O. The van der Waals surface area contributed by atoms with Crippen molar-refractivity contribution in [3.63, 3.8) is 0 Å². The van der Waals surface area contributed by atoms with Gasteiger partial charge in [0, 0.05) is 6.42 Å². The Kier molecular flexibility index (Phi) is 13.3. The fourth-order valence-corrected chi connectivity index (χ4v) is 1.51. The second kappa shape index (κ2) is 14.5. The zero-order valence-electron chi connectivity index (χ0n) is 11.9. The third-order valence-electron chi connectivity index (χ3n) is 2.56. The standard InChI is InChI=1S/C17H26O2/c1-2-3-4-5-6-7-8-9-10-11-12-13-14-15-16-17(18)19/h2-3,5-6,8-9,11-12H,4,7,10,13-16H2,1H3,(H,18,19). The van der Waals surface area contributed by atoms with Gasteiger partial charge < -0.3 is 5.11 Å². The van der Waals surface area contributed by atoms with Gasteiger partial charge >= 0.3 is 5.97 Å². The molecule has 0 rings (SSSR count). The van der Waals surface area contributed by atoms with Gasteiger partial charge in [-0.3, -0.25) is 4.79 Å². The summed E-state index contributed by atoms with van der Waals surface area (Å²) in [5.74, 6) is -0.700. The fraction of sp³-hybridized carbons (Fsp3) is 0.471. The molecule has 0 aliphatic carbocycles. The first-order chi connectivity index (χ1) is 9.27. The zero-order chi connectivity index (χ0) is 14.2. The molecule has 19 heavy (non-hydrogen) atoms. The molecular formula is C17H26O2. The fourth-order valence-electron chi connectivity index (χ4n) is 1.51. The van der Waals surface area contributed by atoms with E-state index in [1.807, 2.05) is 6.92 Å². The van der Waals surface area contributed by atoms with Gasteiger partial charge in [0.15, 0.2) is 0 Å². The second-order valence-corrected chi connectivity index (χ2v) is 4.33. The van der Waals surface area contributed by atoms with Gasteiger partial charge in [0.05, 0.1) is 0 Å². The predicted octanol–water partition coefficient (Wildman–Crippen LogP) is 5.05. The molecule has 0 saturated heterocycles. The lowest BCUT2D eigenvalue weighted by molar-refractivity contribution is -0.137. The lowest BCUT2D eigenvalue weighted by atomic mass is 10.2. The number of rotatable bonds is 11. The molecule has 106 valence electrons. The molecule has 0 aliphatic heterocycles. The van der Waals surface area contributed by atoms with Crippen LogP contribution >= 0.6 is 0 Å². The number of unbranched alkanes of at least 4 members (excludes halogenated alkanes) is 2. The van der Waals surface area contributed by atoms with Crippen molar-refractivity contribution in [3.05, 3.63) is 48.6 Å². The van der Waals surface area contributed by atoms with Crippen LogP contribution in [0.25, 0.3) is 0 Å². The molecule has 0 radical (unpaired) electrons. The van der Waals surface area contributed by atoms with Gasteiger partial charge in [-0.2, -0.15) is 0 Å². The van der Waals surface area contributed by atoms with Crippen molar-refractivity contribution in [2.75, 3.05) is 0 Å². The monoisotopic (exact) mass is 262 g/mol. The van der Waals surface area contributed by atoms with E-state index in [1.165, 1.54) is 0 Å². The highest BCUT2D eigenvalue weighted by Gasteiger charge is 1.93. The minimum Gasteiger partial charge on any atom is -0.481 e. The minimum absolute atomic E-state index is 0.285. The van der Waals surface area contributed by atoms with Crippen molar-refractivity contribution in [2.24, 2.45) is 0 Å². The van der Waals surface area contributed by atoms with E-state index in [-0.39, 0.29) is 6.42 Å². The number of hydrogen-bond donors (Lipinski definition) is 1. The van der Waals surface area contributed by atoms with Gasteiger partial charge in [-0.1, -0.05) is 48.6 Å². The quantitative estimate of drug-likeness (QED) is 0.418. The molecule has 0 amide bonds. The highest BCUT2D eigenvalue weighted by Crippen LogP contribution is 2.01. The summed E-state index contributed by atoms with van der Waals surface area (Å²) in [6.07, 6.45) is 23.1. The van der Waals surface area contributed by atoms with Gasteiger partial charge in [0.2, 0.25) is 0 Å². The molecule has 0 aromatic carbocycles. The topological polar surface area (TPSA) is 37.3 Å². The van der Waals surface area contributed by atoms with Crippen molar-refractivity contribution in [1.82, 2.24) is 0 Å². The summed E-state index contributed by atoms with van der Waals surface area (Å²) in [4.78, 5) is 10.3. The Morgan fingerprint density at radius 3 is 1.89 bits per heavy atom. The maximum atomic E-state index is 10.3. The van der Waals surface area contributed by atoms with Crippen molar-refractivity contribution < 1.29 is 9.90 Å². The van der Waals surface area contributed by atoms with E-state index in [9.17, 15) is 4.79 Å². The molecule has 0 aliphatic rings. The lowest BCUT2D eigenvalue weighted by Crippen LogP contribution is -1.92. The Balaban J connectivity index is 3.36. The molecule has 0 spiro atoms. The first kappa shape index (κ1) is 17.4. The molecule has 0 atom stereocenters. The van der Waals surface area contributed by atoms with Gasteiger partial charge in [-0.25, -0.2) is 0 Å². The maximum absolute atomic E-state index is 10.3. The lowest BCUT2D eigenvalue weighted by Gasteiger charge is -1.92. The summed E-state index contributed by atoms with van der Waals surface area (Å²) in [7, 11) is 0. The van der Waals surface area contributed by atoms with E-state index in [1.54, 1.807) is 0 Å². The third kappa shape index (κ3) is 16.4. The van der Waals surface area contributed by atoms with Gasteiger partial charge in [0.25, 0.3) is 0 Å². The van der Waals surface area contributed by atoms with E-state index in [4.69, 9.17) is 5.11 Å². The Labute approximate surface area is 117 Å². The van der Waals surface area contributed by atoms with Crippen molar-refractivity contribution in [1.29, 1.82) is 0 Å². The van der Waals surface area contributed by atoms with E-state index >= 15 is 0 Å². The van der Waals surface area contributed by atoms with Crippen LogP contribution in [0, 0.1) is 0 Å². The zero-order valence-corrected chi connectivity index (χ0v) is 11.9. The Morgan fingerprint density at radius 2 is 1.37 bits per heavy atom. The molecule has 2 nitrogen and oxygen atoms in total. The van der Waals surface area contributed by atoms with E-state index in [0.717, 1.165) is 38.5 Å². The highest BCUT2D eigenvalue weighted by molar-refractivity contribution is 5.66. The first-order valence-electron chi connectivity index (χ1n) is 7.05. The molecule has 0 heterocycles. The van der Waals surface area contributed by atoms with Gasteiger partial charge in [0.1, 0.15) is 0 Å². The summed E-state index contributed by atoms with van der Waals surface area (Å²) in [5, 5.41) is 8.47. The number of allylic oxidation sites excluding steroid dienone is 8. The summed E-state index contributed by atoms with van der Waals surface area (Å²) in [5.41, 5.74) is 0. The van der Waals surface area contributed by atoms with Crippen LogP contribution in [0.15, 0.2) is 48.6 Å². The van der Waals surface area contributed by atoms with Gasteiger partial charge in [-0.15, -0.1) is 0 Å². The van der Waals surface area contributed by atoms with Crippen LogP contribution < -0.4 is 0 Å². The molecule has 0 saturated carbocycles. The Bertz CT molecular complexity index is 322. The summed E-state index contributed by atoms with van der Waals surface area (Å²) < 4.78 is 0. The smallest absolute Gasteiger partial charge is 0.303 e. The summed E-state index contributed by atoms with van der Waals surface area (Å²) >= 11 is 0. The van der Waals surface area contributed by atoms with Crippen molar-refractivity contribution in [3.8, 4) is 0 Å². The normalized spacial score (nSPS) is 12.5. The van der Waals surface area contributed by atoms with Crippen LogP contribution in [0.4, 0.5) is 0 Å². The molecular weight excluding hydrogens is 236 g/mol. The van der Waals surface area contributed by atoms with Crippen LogP contribution in [0.2, 0.25) is 0 Å². The van der Waals surface area contributed by atoms with Crippen LogP contribution in [-0.2, 0) is 4.79 Å². The largest absolute Gasteiger partial charge is 0.481 e. The molecule has 0 aromatic rings.